The van der Waals surface area contributed by atoms with Crippen LogP contribution in [0.2, 0.25) is 0 Å². The number of amides is 2. The molecule has 2 N–H and O–H groups in total. The van der Waals surface area contributed by atoms with Crippen molar-refractivity contribution < 1.29 is 9.59 Å². The molecule has 3 aromatic heterocycles. The maximum absolute atomic E-state index is 13.4. The van der Waals surface area contributed by atoms with Gasteiger partial charge >= 0.3 is 0 Å². The summed E-state index contributed by atoms with van der Waals surface area (Å²) in [6.45, 7) is 2.26. The molecule has 0 saturated carbocycles. The number of para-hydroxylation sites is 1. The van der Waals surface area contributed by atoms with Gasteiger partial charge in [0.2, 0.25) is 5.82 Å². The minimum atomic E-state index is -0.792. The van der Waals surface area contributed by atoms with Gasteiger partial charge in [-0.25, -0.2) is 4.98 Å². The summed E-state index contributed by atoms with van der Waals surface area (Å²) in [5.74, 6) is -0.118. The van der Waals surface area contributed by atoms with E-state index < -0.39 is 11.9 Å². The van der Waals surface area contributed by atoms with Crippen LogP contribution >= 0.6 is 0 Å². The Morgan fingerprint density at radius 3 is 2.65 bits per heavy atom. The van der Waals surface area contributed by atoms with Crippen molar-refractivity contribution in [1.82, 2.24) is 34.8 Å². The molecule has 1 atom stereocenters. The van der Waals surface area contributed by atoms with Crippen LogP contribution in [0.4, 0.5) is 5.69 Å². The lowest BCUT2D eigenvalue weighted by Crippen LogP contribution is -2.48. The number of aromatic amines is 1. The number of rotatable bonds is 5. The second kappa shape index (κ2) is 8.74. The zero-order chi connectivity index (χ0) is 25.7. The molecule has 5 aromatic rings. The van der Waals surface area contributed by atoms with Crippen molar-refractivity contribution in [1.29, 1.82) is 0 Å². The van der Waals surface area contributed by atoms with Gasteiger partial charge in [0.05, 0.1) is 23.4 Å². The predicted octanol–water partition coefficient (Wildman–Crippen LogP) is 2.83. The van der Waals surface area contributed by atoms with Gasteiger partial charge in [0, 0.05) is 49.4 Å². The summed E-state index contributed by atoms with van der Waals surface area (Å²) in [5.41, 5.74) is 5.78. The molecule has 2 aromatic carbocycles. The Bertz CT molecular complexity index is 1650. The standard InChI is InChI=1S/C27H26N8O2/c1-16-19(13-33(2)32-16)20-14-35-15-21(27(37)34(3)22-11-7-10-18(20)24(22)35)28-26(36)25-29-23(30-31-25)12-17-8-5-4-6-9-17/h4-11,13-14,21H,12,15H2,1-3H3,(H,28,36)(H,29,30,31)/t21-/m0/s1. The summed E-state index contributed by atoms with van der Waals surface area (Å²) in [6, 6.07) is 14.9. The lowest BCUT2D eigenvalue weighted by atomic mass is 10.1. The first-order valence-electron chi connectivity index (χ1n) is 12.0. The number of benzene rings is 2. The molecule has 10 nitrogen and oxygen atoms in total. The molecular weight excluding hydrogens is 468 g/mol. The number of H-pyrrole nitrogens is 1. The SMILES string of the molecule is Cc1nn(C)cc1-c1cn2c3c(cccc13)N(C)C(=O)[C@@H](NC(=O)c1n[nH]c(Cc3ccccc3)n1)C2. The Balaban J connectivity index is 1.30. The summed E-state index contributed by atoms with van der Waals surface area (Å²) in [5, 5.41) is 15.3. The van der Waals surface area contributed by atoms with Crippen LogP contribution in [0.1, 0.15) is 27.7 Å². The highest BCUT2D eigenvalue weighted by Crippen LogP contribution is 2.38. The van der Waals surface area contributed by atoms with Crippen LogP contribution in [0.3, 0.4) is 0 Å². The number of anilines is 1. The van der Waals surface area contributed by atoms with Crippen molar-refractivity contribution in [2.75, 3.05) is 11.9 Å². The van der Waals surface area contributed by atoms with Crippen LogP contribution in [0, 0.1) is 6.92 Å². The second-order valence-corrected chi connectivity index (χ2v) is 9.36. The van der Waals surface area contributed by atoms with E-state index in [0.29, 0.717) is 12.2 Å². The second-order valence-electron chi connectivity index (χ2n) is 9.36. The number of nitrogens with one attached hydrogen (secondary N) is 2. The van der Waals surface area contributed by atoms with Crippen LogP contribution in [0.15, 0.2) is 60.9 Å². The highest BCUT2D eigenvalue weighted by molar-refractivity contribution is 6.10. The Morgan fingerprint density at radius 1 is 1.08 bits per heavy atom. The van der Waals surface area contributed by atoms with Gasteiger partial charge in [0.1, 0.15) is 11.9 Å². The van der Waals surface area contributed by atoms with Crippen molar-refractivity contribution in [2.45, 2.75) is 25.9 Å². The third-order valence-corrected chi connectivity index (χ3v) is 6.80. The number of aromatic nitrogens is 6. The van der Waals surface area contributed by atoms with E-state index in [4.69, 9.17) is 0 Å². The molecular formula is C27H26N8O2. The van der Waals surface area contributed by atoms with Gasteiger partial charge in [0.25, 0.3) is 11.8 Å². The van der Waals surface area contributed by atoms with Crippen LogP contribution in [-0.2, 0) is 24.8 Å². The summed E-state index contributed by atoms with van der Waals surface area (Å²) in [7, 11) is 3.63. The Hall–Kier alpha value is -4.73. The Kier molecular flexibility index (Phi) is 5.36. The molecule has 37 heavy (non-hydrogen) atoms. The number of nitrogens with zero attached hydrogens (tertiary/aromatic N) is 6. The molecule has 0 saturated heterocycles. The van der Waals surface area contributed by atoms with Gasteiger partial charge < -0.3 is 14.8 Å². The molecule has 0 unspecified atom stereocenters. The first-order valence-corrected chi connectivity index (χ1v) is 12.0. The topological polar surface area (TPSA) is 114 Å². The molecule has 186 valence electrons. The van der Waals surface area contributed by atoms with E-state index in [9.17, 15) is 9.59 Å². The fourth-order valence-corrected chi connectivity index (χ4v) is 5.06. The average Bonchev–Trinajstić information content (AvgIpc) is 3.58. The smallest absolute Gasteiger partial charge is 0.291 e. The highest BCUT2D eigenvalue weighted by atomic mass is 16.2. The summed E-state index contributed by atoms with van der Waals surface area (Å²) >= 11 is 0. The van der Waals surface area contributed by atoms with E-state index in [1.54, 1.807) is 16.6 Å². The molecule has 6 rings (SSSR count). The highest BCUT2D eigenvalue weighted by Gasteiger charge is 2.32. The number of carbonyl (C=O) groups excluding carboxylic acids is 2. The Labute approximate surface area is 212 Å². The summed E-state index contributed by atoms with van der Waals surface area (Å²) < 4.78 is 3.84. The molecule has 2 amide bonds. The van der Waals surface area contributed by atoms with E-state index in [1.165, 1.54) is 0 Å². The van der Waals surface area contributed by atoms with Crippen LogP contribution in [-0.4, -0.2) is 54.4 Å². The lowest BCUT2D eigenvalue weighted by molar-refractivity contribution is -0.120. The van der Waals surface area contributed by atoms with Crippen LogP contribution in [0.25, 0.3) is 22.0 Å². The van der Waals surface area contributed by atoms with Crippen molar-refractivity contribution in [2.24, 2.45) is 7.05 Å². The first kappa shape index (κ1) is 22.7. The summed E-state index contributed by atoms with van der Waals surface area (Å²) in [4.78, 5) is 32.5. The molecule has 1 aliphatic heterocycles. The van der Waals surface area contributed by atoms with Gasteiger partial charge in [-0.3, -0.25) is 19.4 Å². The predicted molar refractivity (Wildman–Crippen MR) is 139 cm³/mol. The molecule has 0 fully saturated rings. The normalized spacial score (nSPS) is 15.3. The van der Waals surface area contributed by atoms with Gasteiger partial charge in [-0.1, -0.05) is 42.5 Å². The van der Waals surface area contributed by atoms with Gasteiger partial charge in [-0.05, 0) is 18.6 Å². The summed E-state index contributed by atoms with van der Waals surface area (Å²) in [6.07, 6.45) is 4.56. The third-order valence-electron chi connectivity index (χ3n) is 6.80. The molecule has 10 heteroatoms. The van der Waals surface area contributed by atoms with E-state index in [2.05, 4.69) is 31.7 Å². The van der Waals surface area contributed by atoms with Crippen LogP contribution < -0.4 is 10.2 Å². The van der Waals surface area contributed by atoms with Crippen molar-refractivity contribution in [3.8, 4) is 11.1 Å². The zero-order valence-electron chi connectivity index (χ0n) is 20.8. The molecule has 4 heterocycles. The average molecular weight is 495 g/mol. The van der Waals surface area contributed by atoms with Crippen LogP contribution in [0.5, 0.6) is 0 Å². The quantitative estimate of drug-likeness (QED) is 0.390. The number of hydrogen-bond donors (Lipinski definition) is 2. The fourth-order valence-electron chi connectivity index (χ4n) is 5.06. The van der Waals surface area contributed by atoms with E-state index in [-0.39, 0.29) is 18.3 Å². The monoisotopic (exact) mass is 494 g/mol. The Morgan fingerprint density at radius 2 is 1.89 bits per heavy atom. The lowest BCUT2D eigenvalue weighted by Gasteiger charge is -2.21. The fraction of sp³-hybridized carbons (Fsp3) is 0.222. The molecule has 0 aliphatic carbocycles. The largest absolute Gasteiger partial charge is 0.343 e. The van der Waals surface area contributed by atoms with E-state index in [1.807, 2.05) is 73.4 Å². The molecule has 0 bridgehead atoms. The number of aryl methyl sites for hydroxylation is 2. The van der Waals surface area contributed by atoms with Gasteiger partial charge in [0.15, 0.2) is 0 Å². The van der Waals surface area contributed by atoms with Gasteiger partial charge in [-0.15, -0.1) is 5.10 Å². The minimum absolute atomic E-state index is 0.00692. The van der Waals surface area contributed by atoms with Crippen molar-refractivity contribution >= 4 is 28.4 Å². The minimum Gasteiger partial charge on any atom is -0.343 e. The number of hydrogen-bond acceptors (Lipinski definition) is 5. The van der Waals surface area contributed by atoms with E-state index >= 15 is 0 Å². The van der Waals surface area contributed by atoms with Crippen molar-refractivity contribution in [3.05, 3.63) is 83.8 Å². The number of carbonyl (C=O) groups is 2. The molecule has 0 radical (unpaired) electrons. The zero-order valence-corrected chi connectivity index (χ0v) is 20.8. The van der Waals surface area contributed by atoms with Gasteiger partial charge in [-0.2, -0.15) is 5.10 Å². The maximum Gasteiger partial charge on any atom is 0.291 e. The molecule has 1 aliphatic rings. The maximum atomic E-state index is 13.4. The number of likely N-dealkylation sites (N-methyl/N-ethyl adjacent to an activating group) is 1. The molecule has 0 spiro atoms. The first-order chi connectivity index (χ1) is 17.9. The van der Waals surface area contributed by atoms with E-state index in [0.717, 1.165) is 39.0 Å². The third kappa shape index (κ3) is 3.96. The van der Waals surface area contributed by atoms with Crippen molar-refractivity contribution in [3.63, 3.8) is 0 Å².